The number of anilines is 1. The van der Waals surface area contributed by atoms with Crippen LogP contribution in [0.3, 0.4) is 0 Å². The van der Waals surface area contributed by atoms with Gasteiger partial charge in [-0.05, 0) is 42.5 Å². The van der Waals surface area contributed by atoms with Gasteiger partial charge in [0.25, 0.3) is 0 Å². The van der Waals surface area contributed by atoms with Gasteiger partial charge in [0, 0.05) is 10.2 Å². The molecule has 0 fully saturated rings. The Bertz CT molecular complexity index is 798. The third-order valence-electron chi connectivity index (χ3n) is 3.03. The highest BCUT2D eigenvalue weighted by Gasteiger charge is 2.29. The summed E-state index contributed by atoms with van der Waals surface area (Å²) in [5, 5.41) is 2.87. The molecule has 1 N–H and O–H groups in total. The van der Waals surface area contributed by atoms with E-state index in [2.05, 4.69) is 21.0 Å². The second kappa shape index (κ2) is 7.56. The fraction of sp³-hybridized carbons (Fsp3) is 0. The van der Waals surface area contributed by atoms with Gasteiger partial charge in [-0.1, -0.05) is 58.4 Å². The van der Waals surface area contributed by atoms with Gasteiger partial charge in [0.15, 0.2) is 0 Å². The Kier molecular flexibility index (Phi) is 5.24. The molecule has 0 atom stereocenters. The van der Waals surface area contributed by atoms with Crippen molar-refractivity contribution >= 4 is 29.4 Å². The van der Waals surface area contributed by atoms with E-state index in [0.717, 1.165) is 4.47 Å². The van der Waals surface area contributed by atoms with Crippen LogP contribution in [0.5, 0.6) is 11.5 Å². The van der Waals surface area contributed by atoms with Gasteiger partial charge in [-0.25, -0.2) is 4.57 Å². The van der Waals surface area contributed by atoms with E-state index >= 15 is 0 Å². The van der Waals surface area contributed by atoms with Crippen LogP contribution < -0.4 is 14.1 Å². The Labute approximate surface area is 149 Å². The van der Waals surface area contributed by atoms with Crippen LogP contribution in [0, 0.1) is 0 Å². The molecule has 0 spiro atoms. The molecule has 3 aromatic rings. The summed E-state index contributed by atoms with van der Waals surface area (Å²) in [5.41, 5.74) is 0.625. The largest absolute Gasteiger partial charge is 0.541 e. The lowest BCUT2D eigenvalue weighted by molar-refractivity contribution is 0.393. The van der Waals surface area contributed by atoms with Crippen LogP contribution in [-0.4, -0.2) is 0 Å². The zero-order valence-corrected chi connectivity index (χ0v) is 15.1. The van der Waals surface area contributed by atoms with Crippen LogP contribution in [0.4, 0.5) is 5.69 Å². The summed E-state index contributed by atoms with van der Waals surface area (Å²) >= 11 is 3.39. The number of halogens is 1. The molecule has 0 bridgehead atoms. The van der Waals surface area contributed by atoms with Crippen molar-refractivity contribution in [2.24, 2.45) is 0 Å². The monoisotopic (exact) mass is 403 g/mol. The van der Waals surface area contributed by atoms with Gasteiger partial charge < -0.3 is 9.05 Å². The first-order chi connectivity index (χ1) is 11.6. The second-order valence-electron chi connectivity index (χ2n) is 4.93. The first-order valence-corrected chi connectivity index (χ1v) is 9.60. The maximum absolute atomic E-state index is 13.3. The summed E-state index contributed by atoms with van der Waals surface area (Å²) in [5.74, 6) is 0.915. The highest BCUT2D eigenvalue weighted by Crippen LogP contribution is 2.48. The van der Waals surface area contributed by atoms with Crippen molar-refractivity contribution < 1.29 is 13.6 Å². The highest BCUT2D eigenvalue weighted by molar-refractivity contribution is 9.10. The maximum atomic E-state index is 13.3. The number of nitrogens with one attached hydrogen (secondary N) is 1. The van der Waals surface area contributed by atoms with E-state index in [1.165, 1.54) is 0 Å². The molecule has 0 aliphatic carbocycles. The van der Waals surface area contributed by atoms with Crippen molar-refractivity contribution in [3.05, 3.63) is 89.4 Å². The number of hydrogen-bond donors (Lipinski definition) is 1. The molecule has 0 radical (unpaired) electrons. The van der Waals surface area contributed by atoms with E-state index in [1.54, 1.807) is 60.7 Å². The SMILES string of the molecule is O=P(Nc1cccc(Br)c1)(Oc1ccccc1)Oc1ccccc1. The third-order valence-corrected chi connectivity index (χ3v) is 4.96. The molecular formula is C18H15BrNO3P. The van der Waals surface area contributed by atoms with Gasteiger partial charge in [-0.15, -0.1) is 0 Å². The Morgan fingerprint density at radius 1 is 0.750 bits per heavy atom. The molecule has 0 heterocycles. The minimum Gasteiger partial charge on any atom is -0.400 e. The van der Waals surface area contributed by atoms with Gasteiger partial charge in [0.05, 0.1) is 0 Å². The Balaban J connectivity index is 1.89. The lowest BCUT2D eigenvalue weighted by Gasteiger charge is -2.21. The predicted octanol–water partition coefficient (Wildman–Crippen LogP) is 6.13. The van der Waals surface area contributed by atoms with Crippen LogP contribution in [0.1, 0.15) is 0 Å². The summed E-state index contributed by atoms with van der Waals surface area (Å²) < 4.78 is 25.4. The Morgan fingerprint density at radius 2 is 1.29 bits per heavy atom. The van der Waals surface area contributed by atoms with E-state index in [-0.39, 0.29) is 0 Å². The summed E-state index contributed by atoms with van der Waals surface area (Å²) in [6.07, 6.45) is 0. The van der Waals surface area contributed by atoms with Crippen LogP contribution >= 0.6 is 23.7 Å². The topological polar surface area (TPSA) is 47.6 Å². The molecule has 0 unspecified atom stereocenters. The average Bonchev–Trinajstić information content (AvgIpc) is 2.56. The third kappa shape index (κ3) is 4.63. The summed E-state index contributed by atoms with van der Waals surface area (Å²) in [6, 6.07) is 25.2. The fourth-order valence-electron chi connectivity index (χ4n) is 2.02. The standard InChI is InChI=1S/C18H15BrNO3P/c19-15-8-7-9-16(14-15)20-24(21,22-17-10-3-1-4-11-17)23-18-12-5-2-6-13-18/h1-14H,(H,20,21). The highest BCUT2D eigenvalue weighted by atomic mass is 79.9. The minimum absolute atomic E-state index is 0.458. The van der Waals surface area contributed by atoms with Gasteiger partial charge in [0.2, 0.25) is 0 Å². The molecule has 6 heteroatoms. The van der Waals surface area contributed by atoms with Crippen molar-refractivity contribution in [3.63, 3.8) is 0 Å². The molecule has 0 saturated heterocycles. The lowest BCUT2D eigenvalue weighted by Crippen LogP contribution is -2.09. The Morgan fingerprint density at radius 3 is 1.79 bits per heavy atom. The molecule has 0 aliphatic rings. The fourth-order valence-corrected chi connectivity index (χ4v) is 3.80. The van der Waals surface area contributed by atoms with Gasteiger partial charge in [-0.3, -0.25) is 5.09 Å². The van der Waals surface area contributed by atoms with E-state index in [0.29, 0.717) is 17.2 Å². The van der Waals surface area contributed by atoms with E-state index < -0.39 is 7.75 Å². The quantitative estimate of drug-likeness (QED) is 0.503. The van der Waals surface area contributed by atoms with Crippen molar-refractivity contribution in [3.8, 4) is 11.5 Å². The molecule has 0 aliphatic heterocycles. The van der Waals surface area contributed by atoms with E-state index in [9.17, 15) is 4.57 Å². The molecular weight excluding hydrogens is 389 g/mol. The average molecular weight is 404 g/mol. The minimum atomic E-state index is -3.68. The van der Waals surface area contributed by atoms with Crippen molar-refractivity contribution in [1.29, 1.82) is 0 Å². The molecule has 24 heavy (non-hydrogen) atoms. The molecule has 0 amide bonds. The summed E-state index contributed by atoms with van der Waals surface area (Å²) in [4.78, 5) is 0. The lowest BCUT2D eigenvalue weighted by atomic mass is 10.3. The Hall–Kier alpha value is -2.23. The van der Waals surface area contributed by atoms with Gasteiger partial charge in [0.1, 0.15) is 11.5 Å². The van der Waals surface area contributed by atoms with E-state index in [4.69, 9.17) is 9.05 Å². The smallest absolute Gasteiger partial charge is 0.400 e. The number of benzene rings is 3. The number of hydrogen-bond acceptors (Lipinski definition) is 3. The molecule has 0 saturated carbocycles. The molecule has 3 rings (SSSR count). The molecule has 0 aromatic heterocycles. The molecule has 122 valence electrons. The van der Waals surface area contributed by atoms with Gasteiger partial charge in [-0.2, -0.15) is 0 Å². The zero-order valence-electron chi connectivity index (χ0n) is 12.6. The second-order valence-corrected chi connectivity index (χ2v) is 7.43. The summed E-state index contributed by atoms with van der Waals surface area (Å²) in [7, 11) is -3.68. The summed E-state index contributed by atoms with van der Waals surface area (Å²) in [6.45, 7) is 0. The number of rotatable bonds is 6. The van der Waals surface area contributed by atoms with Gasteiger partial charge >= 0.3 is 7.75 Å². The molecule has 3 aromatic carbocycles. The molecule has 4 nitrogen and oxygen atoms in total. The van der Waals surface area contributed by atoms with Crippen molar-refractivity contribution in [2.45, 2.75) is 0 Å². The van der Waals surface area contributed by atoms with Crippen LogP contribution in [0.2, 0.25) is 0 Å². The van der Waals surface area contributed by atoms with Crippen LogP contribution in [-0.2, 0) is 4.57 Å². The normalized spacial score (nSPS) is 10.9. The maximum Gasteiger partial charge on any atom is 0.541 e. The van der Waals surface area contributed by atoms with Crippen LogP contribution in [0.15, 0.2) is 89.4 Å². The van der Waals surface area contributed by atoms with Crippen molar-refractivity contribution in [2.75, 3.05) is 5.09 Å². The first kappa shape index (κ1) is 16.6. The number of para-hydroxylation sites is 2. The van der Waals surface area contributed by atoms with Crippen LogP contribution in [0.25, 0.3) is 0 Å². The van der Waals surface area contributed by atoms with E-state index in [1.807, 2.05) is 24.3 Å². The zero-order chi connectivity index (χ0) is 16.8. The first-order valence-electron chi connectivity index (χ1n) is 7.26. The predicted molar refractivity (Wildman–Crippen MR) is 99.5 cm³/mol. The van der Waals surface area contributed by atoms with Crippen molar-refractivity contribution in [1.82, 2.24) is 0 Å².